The van der Waals surface area contributed by atoms with Crippen LogP contribution in [-0.2, 0) is 9.53 Å². The predicted molar refractivity (Wildman–Crippen MR) is 42.1 cm³/mol. The molecule has 0 aliphatic carbocycles. The molecule has 2 nitrogen and oxygen atoms in total. The summed E-state index contributed by atoms with van der Waals surface area (Å²) in [7, 11) is 0. The molecule has 1 fully saturated rings. The van der Waals surface area contributed by atoms with Gasteiger partial charge in [-0.3, -0.25) is 4.79 Å². The van der Waals surface area contributed by atoms with Gasteiger partial charge in [-0.2, -0.15) is 0 Å². The molecule has 1 atom stereocenters. The van der Waals surface area contributed by atoms with Gasteiger partial charge in [0, 0.05) is 5.41 Å². The van der Waals surface area contributed by atoms with Gasteiger partial charge in [-0.25, -0.2) is 0 Å². The Morgan fingerprint density at radius 2 is 2.30 bits per heavy atom. The summed E-state index contributed by atoms with van der Waals surface area (Å²) in [5.74, 6) is -0.126. The fourth-order valence-corrected chi connectivity index (χ4v) is 1.99. The second-order valence-electron chi connectivity index (χ2n) is 3.44. The van der Waals surface area contributed by atoms with Gasteiger partial charge in [-0.15, -0.1) is 0 Å². The van der Waals surface area contributed by atoms with E-state index in [-0.39, 0.29) is 16.2 Å². The van der Waals surface area contributed by atoms with Crippen molar-refractivity contribution >= 4 is 21.9 Å². The summed E-state index contributed by atoms with van der Waals surface area (Å²) in [4.78, 5) is 10.7. The van der Waals surface area contributed by atoms with Gasteiger partial charge in [-0.1, -0.05) is 29.8 Å². The average Bonchev–Trinajstić information content (AvgIpc) is 1.79. The topological polar surface area (TPSA) is 26.3 Å². The van der Waals surface area contributed by atoms with Crippen LogP contribution in [0.4, 0.5) is 0 Å². The first-order valence-corrected chi connectivity index (χ1v) is 4.23. The van der Waals surface area contributed by atoms with E-state index in [2.05, 4.69) is 29.8 Å². The van der Waals surface area contributed by atoms with Gasteiger partial charge in [0.15, 0.2) is 0 Å². The summed E-state index contributed by atoms with van der Waals surface area (Å²) >= 11 is 3.25. The molecule has 1 heterocycles. The summed E-state index contributed by atoms with van der Waals surface area (Å²) in [6.45, 7) is 4.73. The van der Waals surface area contributed by atoms with Gasteiger partial charge >= 0.3 is 5.97 Å². The van der Waals surface area contributed by atoms with Gasteiger partial charge in [-0.05, 0) is 6.42 Å². The summed E-state index contributed by atoms with van der Waals surface area (Å²) < 4.78 is 4.92. The highest BCUT2D eigenvalue weighted by molar-refractivity contribution is 9.10. The lowest BCUT2D eigenvalue weighted by atomic mass is 9.87. The third kappa shape index (κ3) is 1.72. The number of cyclic esters (lactones) is 1. The monoisotopic (exact) mass is 206 g/mol. The van der Waals surface area contributed by atoms with E-state index >= 15 is 0 Å². The number of rotatable bonds is 0. The zero-order valence-corrected chi connectivity index (χ0v) is 7.77. The lowest BCUT2D eigenvalue weighted by molar-refractivity contribution is -0.151. The SMILES string of the molecule is CC1(C)COC(=O)C(Br)C1. The van der Waals surface area contributed by atoms with Gasteiger partial charge in [0.25, 0.3) is 0 Å². The van der Waals surface area contributed by atoms with Crippen LogP contribution >= 0.6 is 15.9 Å². The van der Waals surface area contributed by atoms with Crippen LogP contribution in [0, 0.1) is 5.41 Å². The van der Waals surface area contributed by atoms with E-state index in [1.807, 2.05) is 0 Å². The molecule has 3 heteroatoms. The molecule has 0 aromatic heterocycles. The van der Waals surface area contributed by atoms with Crippen molar-refractivity contribution in [1.82, 2.24) is 0 Å². The maximum Gasteiger partial charge on any atom is 0.319 e. The molecule has 0 amide bonds. The Bertz CT molecular complexity index is 154. The van der Waals surface area contributed by atoms with E-state index in [1.54, 1.807) is 0 Å². The van der Waals surface area contributed by atoms with Crippen molar-refractivity contribution in [3.63, 3.8) is 0 Å². The molecule has 1 aliphatic heterocycles. The minimum absolute atomic E-state index is 0.101. The maximum atomic E-state index is 10.8. The van der Waals surface area contributed by atoms with E-state index in [0.717, 1.165) is 6.42 Å². The van der Waals surface area contributed by atoms with Gasteiger partial charge < -0.3 is 4.74 Å². The average molecular weight is 207 g/mol. The normalized spacial score (nSPS) is 31.5. The largest absolute Gasteiger partial charge is 0.464 e. The van der Waals surface area contributed by atoms with E-state index in [9.17, 15) is 4.79 Å². The lowest BCUT2D eigenvalue weighted by Gasteiger charge is -2.31. The molecule has 10 heavy (non-hydrogen) atoms. The highest BCUT2D eigenvalue weighted by Gasteiger charge is 2.33. The van der Waals surface area contributed by atoms with Crippen LogP contribution in [0.25, 0.3) is 0 Å². The van der Waals surface area contributed by atoms with Gasteiger partial charge in [0.2, 0.25) is 0 Å². The fraction of sp³-hybridized carbons (Fsp3) is 0.857. The van der Waals surface area contributed by atoms with Crippen molar-refractivity contribution in [2.75, 3.05) is 6.61 Å². The molecule has 0 radical (unpaired) electrons. The van der Waals surface area contributed by atoms with Crippen LogP contribution in [0.3, 0.4) is 0 Å². The van der Waals surface area contributed by atoms with Crippen molar-refractivity contribution in [3.8, 4) is 0 Å². The van der Waals surface area contributed by atoms with Gasteiger partial charge in [0.05, 0.1) is 6.61 Å². The van der Waals surface area contributed by atoms with Crippen molar-refractivity contribution in [2.45, 2.75) is 25.1 Å². The Hall–Kier alpha value is -0.0500. The molecule has 0 aromatic carbocycles. The minimum Gasteiger partial charge on any atom is -0.464 e. The number of esters is 1. The first-order chi connectivity index (χ1) is 4.51. The third-order valence-electron chi connectivity index (χ3n) is 1.59. The Morgan fingerprint density at radius 1 is 1.70 bits per heavy atom. The van der Waals surface area contributed by atoms with E-state index in [0.29, 0.717) is 6.61 Å². The van der Waals surface area contributed by atoms with E-state index < -0.39 is 0 Å². The summed E-state index contributed by atoms with van der Waals surface area (Å²) in [6.07, 6.45) is 0.867. The molecule has 0 aromatic rings. The number of hydrogen-bond acceptors (Lipinski definition) is 2. The molecular weight excluding hydrogens is 196 g/mol. The van der Waals surface area contributed by atoms with Crippen LogP contribution in [0.2, 0.25) is 0 Å². The number of alkyl halides is 1. The van der Waals surface area contributed by atoms with Crippen LogP contribution in [0.1, 0.15) is 20.3 Å². The Kier molecular flexibility index (Phi) is 2.04. The van der Waals surface area contributed by atoms with Crippen LogP contribution in [0.5, 0.6) is 0 Å². The molecule has 0 bridgehead atoms. The summed E-state index contributed by atoms with van der Waals surface area (Å²) in [5, 5.41) is 0. The number of ether oxygens (including phenoxy) is 1. The summed E-state index contributed by atoms with van der Waals surface area (Å²) in [6, 6.07) is 0. The quantitative estimate of drug-likeness (QED) is 0.446. The second kappa shape index (κ2) is 2.53. The third-order valence-corrected chi connectivity index (χ3v) is 2.29. The number of halogens is 1. The zero-order chi connectivity index (χ0) is 7.78. The standard InChI is InChI=1S/C7H11BrO2/c1-7(2)3-5(8)6(9)10-4-7/h5H,3-4H2,1-2H3. The molecule has 1 rings (SSSR count). The molecule has 0 spiro atoms. The summed E-state index contributed by atoms with van der Waals surface area (Å²) in [5.41, 5.74) is 0.141. The highest BCUT2D eigenvalue weighted by Crippen LogP contribution is 2.30. The first kappa shape index (κ1) is 8.05. The Morgan fingerprint density at radius 3 is 2.70 bits per heavy atom. The first-order valence-electron chi connectivity index (χ1n) is 3.32. The van der Waals surface area contributed by atoms with Crippen molar-refractivity contribution < 1.29 is 9.53 Å². The van der Waals surface area contributed by atoms with E-state index in [1.165, 1.54) is 0 Å². The molecule has 58 valence electrons. The Balaban J connectivity index is 2.57. The molecule has 0 saturated carbocycles. The van der Waals surface area contributed by atoms with E-state index in [4.69, 9.17) is 4.74 Å². The maximum absolute atomic E-state index is 10.8. The van der Waals surface area contributed by atoms with Crippen LogP contribution < -0.4 is 0 Å². The van der Waals surface area contributed by atoms with Crippen LogP contribution in [-0.4, -0.2) is 17.4 Å². The van der Waals surface area contributed by atoms with Crippen molar-refractivity contribution in [1.29, 1.82) is 0 Å². The van der Waals surface area contributed by atoms with Crippen molar-refractivity contribution in [3.05, 3.63) is 0 Å². The number of carbonyl (C=O) groups excluding carboxylic acids is 1. The Labute approximate surface area is 69.1 Å². The lowest BCUT2D eigenvalue weighted by Crippen LogP contribution is -2.36. The fourth-order valence-electron chi connectivity index (χ4n) is 0.984. The molecular formula is C7H11BrO2. The van der Waals surface area contributed by atoms with Gasteiger partial charge in [0.1, 0.15) is 4.83 Å². The number of carbonyl (C=O) groups is 1. The number of hydrogen-bond donors (Lipinski definition) is 0. The van der Waals surface area contributed by atoms with Crippen molar-refractivity contribution in [2.24, 2.45) is 5.41 Å². The smallest absolute Gasteiger partial charge is 0.319 e. The molecule has 0 N–H and O–H groups in total. The second-order valence-corrected chi connectivity index (χ2v) is 4.55. The minimum atomic E-state index is -0.126. The molecule has 1 aliphatic rings. The molecule has 1 saturated heterocycles. The highest BCUT2D eigenvalue weighted by atomic mass is 79.9. The molecule has 1 unspecified atom stereocenters. The predicted octanol–water partition coefficient (Wildman–Crippen LogP) is 1.72. The zero-order valence-electron chi connectivity index (χ0n) is 6.19. The van der Waals surface area contributed by atoms with Crippen LogP contribution in [0.15, 0.2) is 0 Å².